The topological polar surface area (TPSA) is 59.8 Å². The third kappa shape index (κ3) is 3.63. The third-order valence-electron chi connectivity index (χ3n) is 3.78. The van der Waals surface area contributed by atoms with Crippen LogP contribution in [0.5, 0.6) is 0 Å². The number of halogens is 1. The van der Waals surface area contributed by atoms with Gasteiger partial charge in [0.1, 0.15) is 12.7 Å². The average molecular weight is 341 g/mol. The van der Waals surface area contributed by atoms with Crippen molar-refractivity contribution in [2.24, 2.45) is 0 Å². The van der Waals surface area contributed by atoms with Crippen molar-refractivity contribution < 1.29 is 4.79 Å². The van der Waals surface area contributed by atoms with E-state index in [1.54, 1.807) is 24.8 Å². The lowest BCUT2D eigenvalue weighted by Crippen LogP contribution is -2.16. The molecule has 0 saturated heterocycles. The molecule has 0 saturated carbocycles. The molecule has 0 fully saturated rings. The molecule has 0 aliphatic carbocycles. The van der Waals surface area contributed by atoms with E-state index in [1.165, 1.54) is 0 Å². The van der Waals surface area contributed by atoms with Crippen LogP contribution in [0, 0.1) is 13.8 Å². The summed E-state index contributed by atoms with van der Waals surface area (Å²) in [5.41, 5.74) is 4.70. The van der Waals surface area contributed by atoms with Crippen molar-refractivity contribution >= 4 is 23.2 Å². The van der Waals surface area contributed by atoms with Crippen molar-refractivity contribution in [1.82, 2.24) is 14.8 Å². The number of hydrogen-bond acceptors (Lipinski definition) is 3. The molecule has 24 heavy (non-hydrogen) atoms. The van der Waals surface area contributed by atoms with Crippen LogP contribution in [0.4, 0.5) is 5.69 Å². The van der Waals surface area contributed by atoms with Gasteiger partial charge in [-0.05, 0) is 54.8 Å². The lowest BCUT2D eigenvalue weighted by Gasteiger charge is -2.14. The van der Waals surface area contributed by atoms with E-state index in [2.05, 4.69) is 15.5 Å². The predicted octanol–water partition coefficient (Wildman–Crippen LogP) is 3.72. The van der Waals surface area contributed by atoms with Crippen molar-refractivity contribution in [2.45, 2.75) is 20.3 Å². The predicted molar refractivity (Wildman–Crippen MR) is 94.6 cm³/mol. The Balaban J connectivity index is 1.77. The summed E-state index contributed by atoms with van der Waals surface area (Å²) < 4.78 is 1.83. The van der Waals surface area contributed by atoms with Crippen LogP contribution >= 0.6 is 11.6 Å². The zero-order chi connectivity index (χ0) is 17.1. The van der Waals surface area contributed by atoms with Crippen LogP contribution in [0.2, 0.25) is 5.02 Å². The number of anilines is 1. The zero-order valence-electron chi connectivity index (χ0n) is 13.5. The minimum absolute atomic E-state index is 0.0550. The maximum atomic E-state index is 12.3. The molecule has 1 amide bonds. The SMILES string of the molecule is Cc1cc(-n2cnnc2)cc(C)c1NC(=O)Cc1ccc(Cl)cc1. The van der Waals surface area contributed by atoms with Crippen LogP contribution in [0.1, 0.15) is 16.7 Å². The van der Waals surface area contributed by atoms with Gasteiger partial charge in [0.15, 0.2) is 0 Å². The van der Waals surface area contributed by atoms with E-state index in [4.69, 9.17) is 11.6 Å². The molecule has 122 valence electrons. The molecule has 0 aliphatic heterocycles. The highest BCUT2D eigenvalue weighted by atomic mass is 35.5. The molecule has 5 nitrogen and oxygen atoms in total. The first-order chi connectivity index (χ1) is 11.5. The number of nitrogens with zero attached hydrogens (tertiary/aromatic N) is 3. The fourth-order valence-electron chi connectivity index (χ4n) is 2.59. The van der Waals surface area contributed by atoms with Gasteiger partial charge in [0.25, 0.3) is 0 Å². The van der Waals surface area contributed by atoms with Crippen LogP contribution < -0.4 is 5.32 Å². The van der Waals surface area contributed by atoms with Crippen LogP contribution in [0.3, 0.4) is 0 Å². The highest BCUT2D eigenvalue weighted by Gasteiger charge is 2.10. The molecular weight excluding hydrogens is 324 g/mol. The summed E-state index contributed by atoms with van der Waals surface area (Å²) >= 11 is 5.87. The largest absolute Gasteiger partial charge is 0.325 e. The molecule has 1 heterocycles. The molecule has 1 N–H and O–H groups in total. The summed E-state index contributed by atoms with van der Waals surface area (Å²) in [6.45, 7) is 3.94. The molecular formula is C18H17ClN4O. The van der Waals surface area contributed by atoms with Gasteiger partial charge in [0, 0.05) is 16.4 Å². The Hall–Kier alpha value is -2.66. The number of aryl methyl sites for hydroxylation is 2. The first kappa shape index (κ1) is 16.2. The van der Waals surface area contributed by atoms with Crippen molar-refractivity contribution in [2.75, 3.05) is 5.32 Å². The van der Waals surface area contributed by atoms with Gasteiger partial charge in [-0.1, -0.05) is 23.7 Å². The number of aromatic nitrogens is 3. The van der Waals surface area contributed by atoms with Crippen molar-refractivity contribution in [3.05, 3.63) is 70.8 Å². The molecule has 0 spiro atoms. The van der Waals surface area contributed by atoms with E-state index >= 15 is 0 Å². The molecule has 1 aromatic heterocycles. The second kappa shape index (κ2) is 6.84. The monoisotopic (exact) mass is 340 g/mol. The first-order valence-corrected chi connectivity index (χ1v) is 7.91. The van der Waals surface area contributed by atoms with E-state index in [0.29, 0.717) is 11.4 Å². The maximum Gasteiger partial charge on any atom is 0.228 e. The third-order valence-corrected chi connectivity index (χ3v) is 4.03. The fourth-order valence-corrected chi connectivity index (χ4v) is 2.72. The number of benzene rings is 2. The van der Waals surface area contributed by atoms with E-state index in [0.717, 1.165) is 28.1 Å². The van der Waals surface area contributed by atoms with E-state index < -0.39 is 0 Å². The Morgan fingerprint density at radius 2 is 1.67 bits per heavy atom. The van der Waals surface area contributed by atoms with Gasteiger partial charge in [-0.25, -0.2) is 0 Å². The van der Waals surface area contributed by atoms with Crippen LogP contribution in [0.15, 0.2) is 49.1 Å². The number of carbonyl (C=O) groups excluding carboxylic acids is 1. The number of carbonyl (C=O) groups is 1. The standard InChI is InChI=1S/C18H17ClN4O/c1-12-7-16(23-10-20-21-11-23)8-13(2)18(12)22-17(24)9-14-3-5-15(19)6-4-14/h3-8,10-11H,9H2,1-2H3,(H,22,24). The molecule has 0 unspecified atom stereocenters. The highest BCUT2D eigenvalue weighted by Crippen LogP contribution is 2.24. The van der Waals surface area contributed by atoms with E-state index in [1.807, 2.05) is 42.7 Å². The molecule has 3 rings (SSSR count). The zero-order valence-corrected chi connectivity index (χ0v) is 14.2. The summed E-state index contributed by atoms with van der Waals surface area (Å²) in [7, 11) is 0. The van der Waals surface area contributed by atoms with Gasteiger partial charge < -0.3 is 5.32 Å². The molecule has 0 bridgehead atoms. The van der Waals surface area contributed by atoms with E-state index in [-0.39, 0.29) is 5.91 Å². The second-order valence-corrected chi connectivity index (χ2v) is 6.11. The van der Waals surface area contributed by atoms with Gasteiger partial charge in [-0.2, -0.15) is 0 Å². The molecule has 2 aromatic carbocycles. The minimum Gasteiger partial charge on any atom is -0.325 e. The number of nitrogens with one attached hydrogen (secondary N) is 1. The summed E-state index contributed by atoms with van der Waals surface area (Å²) in [4.78, 5) is 12.3. The molecule has 0 atom stereocenters. The van der Waals surface area contributed by atoms with Gasteiger partial charge in [0.2, 0.25) is 5.91 Å². The van der Waals surface area contributed by atoms with Gasteiger partial charge in [-0.3, -0.25) is 9.36 Å². The van der Waals surface area contributed by atoms with E-state index in [9.17, 15) is 4.79 Å². The molecule has 3 aromatic rings. The lowest BCUT2D eigenvalue weighted by atomic mass is 10.1. The van der Waals surface area contributed by atoms with Gasteiger partial charge >= 0.3 is 0 Å². The fraction of sp³-hybridized carbons (Fsp3) is 0.167. The second-order valence-electron chi connectivity index (χ2n) is 5.68. The summed E-state index contributed by atoms with van der Waals surface area (Å²) in [6, 6.07) is 11.3. The number of hydrogen-bond donors (Lipinski definition) is 1. The normalized spacial score (nSPS) is 10.6. The molecule has 6 heteroatoms. The Morgan fingerprint density at radius 3 is 2.25 bits per heavy atom. The first-order valence-electron chi connectivity index (χ1n) is 7.53. The van der Waals surface area contributed by atoms with Gasteiger partial charge in [-0.15, -0.1) is 10.2 Å². The Bertz CT molecular complexity index is 834. The quantitative estimate of drug-likeness (QED) is 0.787. The summed E-state index contributed by atoms with van der Waals surface area (Å²) in [5.74, 6) is -0.0550. The Morgan fingerprint density at radius 1 is 1.08 bits per heavy atom. The van der Waals surface area contributed by atoms with Crippen LogP contribution in [-0.2, 0) is 11.2 Å². The minimum atomic E-state index is -0.0550. The maximum absolute atomic E-state index is 12.3. The van der Waals surface area contributed by atoms with Crippen molar-refractivity contribution in [3.63, 3.8) is 0 Å². The molecule has 0 aliphatic rings. The number of rotatable bonds is 4. The van der Waals surface area contributed by atoms with Gasteiger partial charge in [0.05, 0.1) is 6.42 Å². The summed E-state index contributed by atoms with van der Waals surface area (Å²) in [6.07, 6.45) is 3.60. The van der Waals surface area contributed by atoms with Crippen LogP contribution in [0.25, 0.3) is 5.69 Å². The average Bonchev–Trinajstić information content (AvgIpc) is 3.07. The van der Waals surface area contributed by atoms with Crippen molar-refractivity contribution in [1.29, 1.82) is 0 Å². The smallest absolute Gasteiger partial charge is 0.228 e. The Kier molecular flexibility index (Phi) is 4.62. The highest BCUT2D eigenvalue weighted by molar-refractivity contribution is 6.30. The van der Waals surface area contributed by atoms with Crippen molar-refractivity contribution in [3.8, 4) is 5.69 Å². The summed E-state index contributed by atoms with van der Waals surface area (Å²) in [5, 5.41) is 11.3. The number of amides is 1. The Labute approximate surface area is 145 Å². The molecule has 0 radical (unpaired) electrons. The lowest BCUT2D eigenvalue weighted by molar-refractivity contribution is -0.115. The van der Waals surface area contributed by atoms with Crippen LogP contribution in [-0.4, -0.2) is 20.7 Å².